The molecule has 0 saturated carbocycles. The molecule has 5 aromatic carbocycles. The van der Waals surface area contributed by atoms with Crippen LogP contribution in [0.25, 0.3) is 83.5 Å². The molecule has 0 saturated heterocycles. The Kier molecular flexibility index (Phi) is 11.9. The van der Waals surface area contributed by atoms with E-state index in [0.717, 1.165) is 84.4 Å². The van der Waals surface area contributed by atoms with Crippen LogP contribution in [0.1, 0.15) is 30.8 Å². The maximum atomic E-state index is 6.17. The Balaban J connectivity index is 0.000000167. The summed E-state index contributed by atoms with van der Waals surface area (Å²) in [4.78, 5) is 19.3. The second-order valence-electron chi connectivity index (χ2n) is 17.0. The van der Waals surface area contributed by atoms with Crippen LogP contribution in [-0.2, 0) is 26.5 Å². The number of rotatable bonds is 7. The average molecular weight is 1030 g/mol. The summed E-state index contributed by atoms with van der Waals surface area (Å²) in [5.41, 5.74) is 14.0. The first-order valence-electron chi connectivity index (χ1n) is 20.6. The van der Waals surface area contributed by atoms with Gasteiger partial charge in [0, 0.05) is 31.5 Å². The van der Waals surface area contributed by atoms with E-state index in [2.05, 4.69) is 150 Å². The molecule has 1 radical (unpaired) electrons. The molecule has 5 heterocycles. The molecule has 0 fully saturated rings. The minimum atomic E-state index is -1.99. The minimum absolute atomic E-state index is 0. The van der Waals surface area contributed by atoms with Crippen LogP contribution in [0.3, 0.4) is 0 Å². The van der Waals surface area contributed by atoms with Crippen molar-refractivity contribution >= 4 is 61.7 Å². The number of benzene rings is 5. The van der Waals surface area contributed by atoms with Gasteiger partial charge in [0.25, 0.3) is 0 Å². The molecule has 8 heteroatoms. The molecule has 0 aliphatic heterocycles. The van der Waals surface area contributed by atoms with Crippen molar-refractivity contribution in [3.63, 3.8) is 0 Å². The standard InChI is InChI=1S/C29H20N3.C24H27GeN2O.Ir/c1-20-17-18-22-11-8-14-25(28(22)30-20)29-31-26-15-5-6-16-27(26)32(29)24-13-7-12-23(19-24)21-9-3-2-4-10-21;1-15(2)12-17-13-22(26-14-21(17)25(4,5)6)20-9-7-8-18-19-11-10-16(3)27-24(19)28-23(18)20;/h2-13,15-19H,1H3;7-8,10-11,13-15H,12H2,1-6H3;/q2*-1;. The molecule has 0 N–H and O–H groups in total. The van der Waals surface area contributed by atoms with Gasteiger partial charge in [0.1, 0.15) is 0 Å². The molecule has 5 aromatic heterocycles. The molecule has 0 atom stereocenters. The maximum Gasteiger partial charge on any atom is 0.0774 e. The number of hydrogen-bond donors (Lipinski definition) is 0. The van der Waals surface area contributed by atoms with Gasteiger partial charge in [-0.1, -0.05) is 71.6 Å². The number of pyridine rings is 3. The maximum absolute atomic E-state index is 6.17. The summed E-state index contributed by atoms with van der Waals surface area (Å²) in [5.74, 6) is 8.75. The van der Waals surface area contributed by atoms with Crippen LogP contribution in [0.4, 0.5) is 0 Å². The number of nitrogens with zero attached hydrogens (tertiary/aromatic N) is 5. The summed E-state index contributed by atoms with van der Waals surface area (Å²) >= 11 is -1.99. The number of hydrogen-bond acceptors (Lipinski definition) is 5. The van der Waals surface area contributed by atoms with Crippen LogP contribution >= 0.6 is 0 Å². The Labute approximate surface area is 373 Å². The van der Waals surface area contributed by atoms with E-state index in [4.69, 9.17) is 19.4 Å². The van der Waals surface area contributed by atoms with Gasteiger partial charge >= 0.3 is 170 Å². The second-order valence-corrected chi connectivity index (χ2v) is 27.6. The fourth-order valence-corrected chi connectivity index (χ4v) is 11.4. The van der Waals surface area contributed by atoms with E-state index < -0.39 is 13.3 Å². The first-order chi connectivity index (χ1) is 29.0. The zero-order chi connectivity index (χ0) is 41.5. The van der Waals surface area contributed by atoms with Gasteiger partial charge in [-0.15, -0.1) is 18.2 Å². The number of aryl methyl sites for hydroxylation is 2. The monoisotopic (exact) mass is 1040 g/mol. The van der Waals surface area contributed by atoms with Crippen molar-refractivity contribution < 1.29 is 24.5 Å². The van der Waals surface area contributed by atoms with E-state index in [1.165, 1.54) is 21.1 Å². The van der Waals surface area contributed by atoms with Gasteiger partial charge in [-0.2, -0.15) is 0 Å². The van der Waals surface area contributed by atoms with E-state index in [9.17, 15) is 0 Å². The van der Waals surface area contributed by atoms with Crippen LogP contribution in [0.2, 0.25) is 17.3 Å². The third-order valence-electron chi connectivity index (χ3n) is 10.9. The summed E-state index contributed by atoms with van der Waals surface area (Å²) in [6.07, 6.45) is 3.19. The van der Waals surface area contributed by atoms with Crippen LogP contribution < -0.4 is 4.40 Å². The zero-order valence-corrected chi connectivity index (χ0v) is 40.0. The minimum Gasteiger partial charge on any atom is -0.333 e. The fourth-order valence-electron chi connectivity index (χ4n) is 8.09. The first-order valence-corrected chi connectivity index (χ1v) is 28.0. The fraction of sp³-hybridized carbons (Fsp3) is 0.170. The first kappa shape index (κ1) is 42.0. The Morgan fingerprint density at radius 1 is 0.689 bits per heavy atom. The topological polar surface area (TPSA) is 69.6 Å². The van der Waals surface area contributed by atoms with E-state index in [0.29, 0.717) is 11.6 Å². The Hall–Kier alpha value is -5.73. The quantitative estimate of drug-likeness (QED) is 0.117. The largest absolute Gasteiger partial charge is 0.333 e. The molecule has 0 spiro atoms. The van der Waals surface area contributed by atoms with Crippen LogP contribution in [0.15, 0.2) is 144 Å². The summed E-state index contributed by atoms with van der Waals surface area (Å²) in [5, 5.41) is 3.20. The van der Waals surface area contributed by atoms with Gasteiger partial charge in [0.05, 0.1) is 16.9 Å². The number of para-hydroxylation sites is 2. The van der Waals surface area contributed by atoms with Crippen molar-refractivity contribution in [3.8, 4) is 39.5 Å². The SMILES string of the molecule is Cc1ccc2c(n1)oc1c(-c3cc(CC(C)C)[c]([Ge]([CH3])([CH3])[CH3])cn3)[c-]ccc12.Cc1ccc2cc[c-]c(-c3nc4ccccc4n3-c3cccc(-c4ccccc4)c3)c2n1.[Ir]. The van der Waals surface area contributed by atoms with Gasteiger partial charge in [-0.05, 0) is 53.9 Å². The molecule has 0 bridgehead atoms. The summed E-state index contributed by atoms with van der Waals surface area (Å²) < 4.78 is 9.88. The molecule has 10 rings (SSSR count). The van der Waals surface area contributed by atoms with Crippen LogP contribution in [-0.4, -0.2) is 37.8 Å². The molecule has 305 valence electrons. The van der Waals surface area contributed by atoms with Crippen molar-refractivity contribution in [2.75, 3.05) is 0 Å². The molecular formula is C53H47GeIrN5O-2. The molecule has 0 amide bonds. The smallest absolute Gasteiger partial charge is 0.0774 e. The molecule has 0 aliphatic rings. The van der Waals surface area contributed by atoms with E-state index >= 15 is 0 Å². The molecule has 61 heavy (non-hydrogen) atoms. The zero-order valence-electron chi connectivity index (χ0n) is 35.5. The van der Waals surface area contributed by atoms with Gasteiger partial charge < -0.3 is 9.55 Å². The number of furan rings is 1. The molecule has 0 unspecified atom stereocenters. The normalized spacial score (nSPS) is 11.6. The predicted octanol–water partition coefficient (Wildman–Crippen LogP) is 12.9. The summed E-state index contributed by atoms with van der Waals surface area (Å²) in [6.45, 7) is 8.55. The van der Waals surface area contributed by atoms with Gasteiger partial charge in [0.15, 0.2) is 0 Å². The molecular weight excluding hydrogens is 987 g/mol. The van der Waals surface area contributed by atoms with Gasteiger partial charge in [0.2, 0.25) is 0 Å². The Morgan fingerprint density at radius 2 is 1.41 bits per heavy atom. The average Bonchev–Trinajstić information content (AvgIpc) is 3.82. The predicted molar refractivity (Wildman–Crippen MR) is 251 cm³/mol. The van der Waals surface area contributed by atoms with Crippen molar-refractivity contribution in [2.24, 2.45) is 5.92 Å². The summed E-state index contributed by atoms with van der Waals surface area (Å²) in [6, 6.07) is 52.7. The third kappa shape index (κ3) is 8.48. The van der Waals surface area contributed by atoms with Crippen LogP contribution in [0, 0.1) is 31.9 Å². The van der Waals surface area contributed by atoms with Crippen molar-refractivity contribution in [3.05, 3.63) is 169 Å². The third-order valence-corrected chi connectivity index (χ3v) is 15.2. The van der Waals surface area contributed by atoms with E-state index in [-0.39, 0.29) is 20.1 Å². The summed E-state index contributed by atoms with van der Waals surface area (Å²) in [7, 11) is 0. The Bertz CT molecular complexity index is 3180. The molecule has 0 aliphatic carbocycles. The van der Waals surface area contributed by atoms with Gasteiger partial charge in [-0.3, -0.25) is 4.98 Å². The molecule has 6 nitrogen and oxygen atoms in total. The number of aromatic nitrogens is 5. The van der Waals surface area contributed by atoms with Crippen molar-refractivity contribution in [2.45, 2.75) is 51.4 Å². The van der Waals surface area contributed by atoms with Crippen molar-refractivity contribution in [1.82, 2.24) is 24.5 Å². The van der Waals surface area contributed by atoms with Crippen LogP contribution in [0.5, 0.6) is 0 Å². The second kappa shape index (κ2) is 17.3. The van der Waals surface area contributed by atoms with Gasteiger partial charge in [-0.25, -0.2) is 0 Å². The van der Waals surface area contributed by atoms with E-state index in [1.54, 1.807) is 0 Å². The van der Waals surface area contributed by atoms with Crippen molar-refractivity contribution in [1.29, 1.82) is 0 Å². The number of fused-ring (bicyclic) bond motifs is 5. The molecule has 10 aromatic rings. The van der Waals surface area contributed by atoms with E-state index in [1.807, 2.05) is 56.3 Å². The Morgan fingerprint density at radius 3 is 2.21 bits per heavy atom. The number of imidazole rings is 1.